The molecular formula is C5H12N2O2S2. The average molecular weight is 196 g/mol. The Morgan fingerprint density at radius 3 is 2.73 bits per heavy atom. The normalized spacial score (nSPS) is 15.9. The van der Waals surface area contributed by atoms with Gasteiger partial charge in [-0.2, -0.15) is 11.8 Å². The molecule has 0 bridgehead atoms. The van der Waals surface area contributed by atoms with Crippen LogP contribution < -0.4 is 10.5 Å². The van der Waals surface area contributed by atoms with E-state index in [2.05, 4.69) is 17.5 Å². The molecule has 6 heteroatoms. The molecule has 0 spiro atoms. The third-order valence-electron chi connectivity index (χ3n) is 1.28. The van der Waals surface area contributed by atoms with Crippen molar-refractivity contribution < 1.29 is 9.90 Å². The molecule has 1 unspecified atom stereocenters. The van der Waals surface area contributed by atoms with Crippen molar-refractivity contribution >= 4 is 30.5 Å². The van der Waals surface area contributed by atoms with Crippen LogP contribution in [0, 0.1) is 0 Å². The van der Waals surface area contributed by atoms with Gasteiger partial charge in [0.2, 0.25) is 0 Å². The van der Waals surface area contributed by atoms with Crippen LogP contribution in [-0.2, 0) is 4.79 Å². The van der Waals surface area contributed by atoms with E-state index >= 15 is 0 Å². The molecule has 0 saturated heterocycles. The van der Waals surface area contributed by atoms with Crippen molar-refractivity contribution in [3.8, 4) is 0 Å². The minimum Gasteiger partial charge on any atom is -0.479 e. The summed E-state index contributed by atoms with van der Waals surface area (Å²) in [6.45, 7) is 0. The summed E-state index contributed by atoms with van der Waals surface area (Å²) in [4.78, 5) is 10.5. The molecule has 0 heterocycles. The van der Waals surface area contributed by atoms with Gasteiger partial charge in [-0.05, 0) is 18.4 Å². The van der Waals surface area contributed by atoms with E-state index in [0.717, 1.165) is 0 Å². The predicted octanol–water partition coefficient (Wildman–Crippen LogP) is -0.0865. The minimum absolute atomic E-state index is 0.354. The Labute approximate surface area is 75.5 Å². The van der Waals surface area contributed by atoms with Crippen molar-refractivity contribution in [1.82, 2.24) is 4.72 Å². The molecule has 0 aliphatic carbocycles. The van der Waals surface area contributed by atoms with Crippen LogP contribution in [0.15, 0.2) is 0 Å². The first kappa shape index (κ1) is 11.1. The van der Waals surface area contributed by atoms with E-state index in [1.165, 1.54) is 0 Å². The Morgan fingerprint density at radius 1 is 1.91 bits per heavy atom. The van der Waals surface area contributed by atoms with Crippen LogP contribution in [-0.4, -0.2) is 28.7 Å². The zero-order chi connectivity index (χ0) is 8.91. The van der Waals surface area contributed by atoms with Gasteiger partial charge in [0.05, 0.1) is 0 Å². The van der Waals surface area contributed by atoms with Crippen LogP contribution in [0.3, 0.4) is 0 Å². The molecule has 0 amide bonds. The number of aliphatic carboxylic acids is 1. The Hall–Kier alpha value is 0.0900. The second kappa shape index (κ2) is 4.87. The summed E-state index contributed by atoms with van der Waals surface area (Å²) in [7, 11) is 0. The molecule has 0 fully saturated rings. The first-order valence-electron chi connectivity index (χ1n) is 2.99. The maximum atomic E-state index is 10.5. The Kier molecular flexibility index (Phi) is 4.91. The summed E-state index contributed by atoms with van der Waals surface area (Å²) in [6.07, 6.45) is 2.24. The van der Waals surface area contributed by atoms with Gasteiger partial charge < -0.3 is 10.8 Å². The molecule has 0 aliphatic heterocycles. The molecule has 0 aromatic heterocycles. The fourth-order valence-corrected chi connectivity index (χ4v) is 1.21. The summed E-state index contributed by atoms with van der Waals surface area (Å²) in [5, 5.41) is 8.61. The van der Waals surface area contributed by atoms with Crippen molar-refractivity contribution in [2.45, 2.75) is 12.1 Å². The molecule has 0 aromatic rings. The number of hydrogen-bond acceptors (Lipinski definition) is 5. The largest absolute Gasteiger partial charge is 0.479 e. The number of nitrogens with two attached hydrogens (primary N) is 1. The molecule has 0 rings (SSSR count). The van der Waals surface area contributed by atoms with Crippen LogP contribution in [0.1, 0.15) is 6.42 Å². The molecule has 66 valence electrons. The molecular weight excluding hydrogens is 184 g/mol. The Morgan fingerprint density at radius 2 is 2.45 bits per heavy atom. The first-order valence-corrected chi connectivity index (χ1v) is 4.83. The number of nitrogens with one attached hydrogen (secondary N) is 1. The summed E-state index contributed by atoms with van der Waals surface area (Å²) in [6, 6.07) is 0. The molecule has 1 atom stereocenters. The lowest BCUT2D eigenvalue weighted by molar-refractivity contribution is -0.143. The van der Waals surface area contributed by atoms with E-state index in [1.807, 2.05) is 6.26 Å². The highest BCUT2D eigenvalue weighted by Gasteiger charge is 2.31. The van der Waals surface area contributed by atoms with Gasteiger partial charge in [-0.25, -0.2) is 9.52 Å². The number of carbonyl (C=O) groups is 1. The van der Waals surface area contributed by atoms with Crippen LogP contribution in [0.5, 0.6) is 0 Å². The van der Waals surface area contributed by atoms with Crippen LogP contribution in [0.4, 0.5) is 0 Å². The summed E-state index contributed by atoms with van der Waals surface area (Å²) < 4.78 is 2.27. The highest BCUT2D eigenvalue weighted by molar-refractivity contribution is 7.98. The fourth-order valence-electron chi connectivity index (χ4n) is 0.474. The van der Waals surface area contributed by atoms with E-state index in [9.17, 15) is 4.79 Å². The van der Waals surface area contributed by atoms with Crippen molar-refractivity contribution in [2.24, 2.45) is 5.73 Å². The molecule has 0 saturated carbocycles. The SMILES string of the molecule is CSCCC(N)(NS)C(=O)O. The Bertz CT molecular complexity index is 144. The van der Waals surface area contributed by atoms with Gasteiger partial charge in [0, 0.05) is 0 Å². The summed E-state index contributed by atoms with van der Waals surface area (Å²) >= 11 is 5.19. The smallest absolute Gasteiger partial charge is 0.339 e. The van der Waals surface area contributed by atoms with Gasteiger partial charge in [0.25, 0.3) is 0 Å². The van der Waals surface area contributed by atoms with Crippen molar-refractivity contribution in [3.63, 3.8) is 0 Å². The highest BCUT2D eigenvalue weighted by atomic mass is 32.2. The average Bonchev–Trinajstić information content (AvgIpc) is 2.00. The predicted molar refractivity (Wildman–Crippen MR) is 49.7 cm³/mol. The topological polar surface area (TPSA) is 75.3 Å². The van der Waals surface area contributed by atoms with E-state index in [-0.39, 0.29) is 0 Å². The molecule has 0 aromatic carbocycles. The van der Waals surface area contributed by atoms with E-state index in [0.29, 0.717) is 12.2 Å². The van der Waals surface area contributed by atoms with Crippen LogP contribution >= 0.6 is 24.6 Å². The molecule has 4 N–H and O–H groups in total. The molecule has 0 aliphatic rings. The quantitative estimate of drug-likeness (QED) is 0.365. The maximum Gasteiger partial charge on any atom is 0.339 e. The number of rotatable bonds is 5. The second-order valence-corrected chi connectivity index (χ2v) is 3.34. The zero-order valence-corrected chi connectivity index (χ0v) is 7.91. The van der Waals surface area contributed by atoms with Crippen molar-refractivity contribution in [3.05, 3.63) is 0 Å². The first-order chi connectivity index (χ1) is 5.06. The standard InChI is InChI=1S/C5H12N2O2S2/c1-11-3-2-5(6,7-10)4(8)9/h7,10H,2-3,6H2,1H3,(H,8,9). The number of thioether (sulfide) groups is 1. The van der Waals surface area contributed by atoms with Gasteiger partial charge in [-0.3, -0.25) is 0 Å². The van der Waals surface area contributed by atoms with Crippen LogP contribution in [0.25, 0.3) is 0 Å². The summed E-state index contributed by atoms with van der Waals surface area (Å²) in [5.41, 5.74) is 4.03. The molecule has 0 radical (unpaired) electrons. The third-order valence-corrected chi connectivity index (χ3v) is 2.29. The minimum atomic E-state index is -1.40. The van der Waals surface area contributed by atoms with E-state index in [1.54, 1.807) is 11.8 Å². The van der Waals surface area contributed by atoms with Gasteiger partial charge >= 0.3 is 5.97 Å². The highest BCUT2D eigenvalue weighted by Crippen LogP contribution is 2.08. The number of carboxylic acid groups (broad SMARTS) is 1. The van der Waals surface area contributed by atoms with Crippen molar-refractivity contribution in [2.75, 3.05) is 12.0 Å². The van der Waals surface area contributed by atoms with Gasteiger partial charge in [0.1, 0.15) is 0 Å². The van der Waals surface area contributed by atoms with Gasteiger partial charge in [-0.1, -0.05) is 12.8 Å². The van der Waals surface area contributed by atoms with Crippen molar-refractivity contribution in [1.29, 1.82) is 0 Å². The van der Waals surface area contributed by atoms with Gasteiger partial charge in [0.15, 0.2) is 5.66 Å². The lowest BCUT2D eigenvalue weighted by Crippen LogP contribution is -2.56. The van der Waals surface area contributed by atoms with Gasteiger partial charge in [-0.15, -0.1) is 0 Å². The lowest BCUT2D eigenvalue weighted by Gasteiger charge is -2.22. The molecule has 11 heavy (non-hydrogen) atoms. The maximum absolute atomic E-state index is 10.5. The second-order valence-electron chi connectivity index (χ2n) is 2.13. The number of hydrogen-bond donors (Lipinski definition) is 4. The third kappa shape index (κ3) is 3.33. The molecule has 4 nitrogen and oxygen atoms in total. The lowest BCUT2D eigenvalue weighted by atomic mass is 10.1. The van der Waals surface area contributed by atoms with E-state index < -0.39 is 11.6 Å². The summed E-state index contributed by atoms with van der Waals surface area (Å²) in [5.74, 6) is -0.391. The van der Waals surface area contributed by atoms with Crippen LogP contribution in [0.2, 0.25) is 0 Å². The van der Waals surface area contributed by atoms with E-state index in [4.69, 9.17) is 10.8 Å². The zero-order valence-electron chi connectivity index (χ0n) is 6.20. The number of carboxylic acids is 1. The fraction of sp³-hybridized carbons (Fsp3) is 0.800. The Balaban J connectivity index is 3.99. The number of thiol groups is 1. The monoisotopic (exact) mass is 196 g/mol.